The zero-order valence-electron chi connectivity index (χ0n) is 18.4. The number of sulfone groups is 1. The molecule has 2 aromatic rings. The van der Waals surface area contributed by atoms with Crippen LogP contribution in [-0.2, 0) is 39.4 Å². The molecule has 8 nitrogen and oxygen atoms in total. The number of ether oxygens (including phenoxy) is 2. The van der Waals surface area contributed by atoms with Crippen molar-refractivity contribution in [3.8, 4) is 0 Å². The lowest BCUT2D eigenvalue weighted by molar-refractivity contribution is -0.165. The van der Waals surface area contributed by atoms with Crippen LogP contribution in [0.15, 0.2) is 29.6 Å². The van der Waals surface area contributed by atoms with Gasteiger partial charge in [-0.1, -0.05) is 39.0 Å². The number of carbonyl (C=O) groups excluding carboxylic acids is 3. The smallest absolute Gasteiger partial charge is 0.325 e. The first-order chi connectivity index (χ1) is 14.7. The minimum Gasteiger partial charge on any atom is -0.450 e. The molecule has 0 saturated carbocycles. The Morgan fingerprint density at radius 2 is 1.97 bits per heavy atom. The fraction of sp³-hybridized carbons (Fsp3) is 0.500. The van der Waals surface area contributed by atoms with Crippen molar-refractivity contribution < 1.29 is 32.3 Å². The van der Waals surface area contributed by atoms with E-state index < -0.39 is 56.5 Å². The van der Waals surface area contributed by atoms with Crippen molar-refractivity contribution in [2.24, 2.45) is 11.1 Å². The summed E-state index contributed by atoms with van der Waals surface area (Å²) in [6.45, 7) is 6.22. The summed E-state index contributed by atoms with van der Waals surface area (Å²) >= 11 is 1.42. The van der Waals surface area contributed by atoms with E-state index in [0.29, 0.717) is 5.56 Å². The van der Waals surface area contributed by atoms with Crippen LogP contribution in [0.2, 0.25) is 0 Å². The highest BCUT2D eigenvalue weighted by Crippen LogP contribution is 2.33. The summed E-state index contributed by atoms with van der Waals surface area (Å²) in [7, 11) is -4.02. The Labute approximate surface area is 191 Å². The first-order valence-corrected chi connectivity index (χ1v) is 12.7. The third-order valence-corrected chi connectivity index (χ3v) is 8.39. The largest absolute Gasteiger partial charge is 0.450 e. The van der Waals surface area contributed by atoms with Gasteiger partial charge in [-0.3, -0.25) is 14.4 Å². The first-order valence-electron chi connectivity index (χ1n) is 10.1. The normalized spacial score (nSPS) is 22.8. The molecule has 2 N–H and O–H groups in total. The number of amides is 1. The van der Waals surface area contributed by atoms with Crippen molar-refractivity contribution in [1.29, 1.82) is 0 Å². The minimum absolute atomic E-state index is 0.0225. The highest BCUT2D eigenvalue weighted by molar-refractivity contribution is 7.92. The second kappa shape index (κ2) is 8.57. The third-order valence-electron chi connectivity index (χ3n) is 5.44. The molecule has 1 aliphatic heterocycles. The van der Waals surface area contributed by atoms with Gasteiger partial charge in [-0.2, -0.15) is 0 Å². The van der Waals surface area contributed by atoms with Crippen LogP contribution in [0.3, 0.4) is 0 Å². The fourth-order valence-corrected chi connectivity index (χ4v) is 6.67. The molecule has 0 spiro atoms. The molecule has 1 saturated heterocycles. The van der Waals surface area contributed by atoms with E-state index in [9.17, 15) is 22.8 Å². The molecule has 10 heteroatoms. The Bertz CT molecular complexity index is 1160. The Hall–Kier alpha value is -2.30. The van der Waals surface area contributed by atoms with E-state index in [-0.39, 0.29) is 12.2 Å². The lowest BCUT2D eigenvalue weighted by Gasteiger charge is -2.29. The summed E-state index contributed by atoms with van der Waals surface area (Å²) in [4.78, 5) is 37.2. The molecule has 2 heterocycles. The quantitative estimate of drug-likeness (QED) is 0.601. The molecule has 3 rings (SSSR count). The van der Waals surface area contributed by atoms with Gasteiger partial charge in [-0.15, -0.1) is 11.3 Å². The van der Waals surface area contributed by atoms with Crippen molar-refractivity contribution in [3.05, 3.63) is 35.2 Å². The van der Waals surface area contributed by atoms with Crippen molar-refractivity contribution in [1.82, 2.24) is 0 Å². The first kappa shape index (κ1) is 24.3. The summed E-state index contributed by atoms with van der Waals surface area (Å²) < 4.78 is 38.2. The summed E-state index contributed by atoms with van der Waals surface area (Å²) in [5.41, 5.74) is 3.57. The van der Waals surface area contributed by atoms with Crippen LogP contribution in [0.4, 0.5) is 0 Å². The molecule has 1 aliphatic rings. The Kier molecular flexibility index (Phi) is 6.52. The van der Waals surface area contributed by atoms with E-state index in [1.807, 2.05) is 24.3 Å². The molecule has 1 aromatic heterocycles. The average Bonchev–Trinajstić information content (AvgIpc) is 3.22. The Morgan fingerprint density at radius 1 is 1.31 bits per heavy atom. The number of nitrogens with two attached hydrogens (primary N) is 1. The predicted molar refractivity (Wildman–Crippen MR) is 121 cm³/mol. The van der Waals surface area contributed by atoms with E-state index in [4.69, 9.17) is 15.2 Å². The molecule has 0 bridgehead atoms. The van der Waals surface area contributed by atoms with Gasteiger partial charge < -0.3 is 15.2 Å². The molecule has 1 fully saturated rings. The molecule has 174 valence electrons. The number of thiophene rings is 1. The van der Waals surface area contributed by atoms with E-state index in [1.165, 1.54) is 18.3 Å². The maximum absolute atomic E-state index is 13.4. The van der Waals surface area contributed by atoms with Gasteiger partial charge in [0.1, 0.15) is 6.61 Å². The highest BCUT2D eigenvalue weighted by Gasteiger charge is 2.54. The second-order valence-corrected chi connectivity index (χ2v) is 12.5. The highest BCUT2D eigenvalue weighted by atomic mass is 32.2. The van der Waals surface area contributed by atoms with Gasteiger partial charge in [-0.25, -0.2) is 8.42 Å². The predicted octanol–water partition coefficient (Wildman–Crippen LogP) is 2.38. The number of esters is 1. The minimum atomic E-state index is -4.02. The maximum atomic E-state index is 13.4. The topological polar surface area (TPSA) is 130 Å². The molecule has 0 aliphatic carbocycles. The number of fused-ring (bicyclic) bond motifs is 1. The van der Waals surface area contributed by atoms with E-state index >= 15 is 0 Å². The van der Waals surface area contributed by atoms with E-state index in [0.717, 1.165) is 10.1 Å². The van der Waals surface area contributed by atoms with Gasteiger partial charge in [0.25, 0.3) is 5.91 Å². The number of hydrogen-bond donors (Lipinski definition) is 1. The number of carbonyl (C=O) groups is 3. The van der Waals surface area contributed by atoms with Crippen molar-refractivity contribution in [3.63, 3.8) is 0 Å². The van der Waals surface area contributed by atoms with Gasteiger partial charge in [0.2, 0.25) is 5.78 Å². The van der Waals surface area contributed by atoms with Crippen molar-refractivity contribution >= 4 is 48.9 Å². The fourth-order valence-electron chi connectivity index (χ4n) is 3.63. The van der Waals surface area contributed by atoms with Crippen LogP contribution in [-0.4, -0.2) is 49.6 Å². The zero-order chi connectivity index (χ0) is 23.9. The third kappa shape index (κ3) is 4.87. The van der Waals surface area contributed by atoms with Crippen LogP contribution >= 0.6 is 11.3 Å². The van der Waals surface area contributed by atoms with E-state index in [1.54, 1.807) is 26.2 Å². The molecule has 1 amide bonds. The monoisotopic (exact) mass is 481 g/mol. The summed E-state index contributed by atoms with van der Waals surface area (Å²) in [5.74, 6) is -3.05. The maximum Gasteiger partial charge on any atom is 0.325 e. The number of rotatable bonds is 7. The van der Waals surface area contributed by atoms with Gasteiger partial charge in [0, 0.05) is 4.70 Å². The lowest BCUT2D eigenvalue weighted by atomic mass is 9.90. The standard InChI is InChI=1S/C22H27NO7S2/c1-21(2,3)9-17(19(25)30-18-15(24)10-29-22(18,4)20(23)26)32(27,28)12-13-11-31-16-8-6-5-7-14(13)16/h5-8,11,17-18H,9-10,12H2,1-4H3,(H2,23,26). The summed E-state index contributed by atoms with van der Waals surface area (Å²) in [5, 5.41) is 1.05. The molecule has 3 unspecified atom stereocenters. The Morgan fingerprint density at radius 3 is 2.59 bits per heavy atom. The van der Waals surface area contributed by atoms with E-state index in [2.05, 4.69) is 0 Å². The van der Waals surface area contributed by atoms with Crippen molar-refractivity contribution in [2.75, 3.05) is 6.61 Å². The van der Waals surface area contributed by atoms with Crippen LogP contribution in [0.25, 0.3) is 10.1 Å². The van der Waals surface area contributed by atoms with Crippen LogP contribution in [0, 0.1) is 5.41 Å². The molecule has 3 atom stereocenters. The number of Topliss-reactive ketones (excluding diaryl/α,β-unsaturated/α-hetero) is 1. The summed E-state index contributed by atoms with van der Waals surface area (Å²) in [6.07, 6.45) is -1.61. The molecular formula is C22H27NO7S2. The lowest BCUT2D eigenvalue weighted by Crippen LogP contribution is -2.53. The number of hydrogen-bond acceptors (Lipinski definition) is 8. The Balaban J connectivity index is 1.92. The summed E-state index contributed by atoms with van der Waals surface area (Å²) in [6, 6.07) is 7.42. The van der Waals surface area contributed by atoms with Gasteiger partial charge in [-0.05, 0) is 41.2 Å². The number of ketones is 1. The number of benzene rings is 1. The zero-order valence-corrected chi connectivity index (χ0v) is 20.0. The number of primary amides is 1. The van der Waals surface area contributed by atoms with Gasteiger partial charge >= 0.3 is 5.97 Å². The SMILES string of the molecule is CC(C)(C)CC(C(=O)OC1C(=O)COC1(C)C(N)=O)S(=O)(=O)Cc1csc2ccccc12. The van der Waals surface area contributed by atoms with Crippen LogP contribution < -0.4 is 5.73 Å². The molecule has 32 heavy (non-hydrogen) atoms. The van der Waals surface area contributed by atoms with Gasteiger partial charge in [0.15, 0.2) is 26.8 Å². The van der Waals surface area contributed by atoms with Crippen LogP contribution in [0.1, 0.15) is 39.7 Å². The average molecular weight is 482 g/mol. The molecule has 1 aromatic carbocycles. The van der Waals surface area contributed by atoms with Crippen molar-refractivity contribution in [2.45, 2.75) is 56.8 Å². The molecular weight excluding hydrogens is 454 g/mol. The van der Waals surface area contributed by atoms with Crippen LogP contribution in [0.5, 0.6) is 0 Å². The van der Waals surface area contributed by atoms with Gasteiger partial charge in [0.05, 0.1) is 5.75 Å². The second-order valence-electron chi connectivity index (χ2n) is 9.36. The molecule has 0 radical (unpaired) electrons.